The molecule has 0 amide bonds. The van der Waals surface area contributed by atoms with E-state index < -0.39 is 10.0 Å². The van der Waals surface area contributed by atoms with Gasteiger partial charge in [0.05, 0.1) is 21.7 Å². The third-order valence-electron chi connectivity index (χ3n) is 5.76. The molecule has 1 heterocycles. The van der Waals surface area contributed by atoms with E-state index >= 15 is 0 Å². The number of fused-ring (bicyclic) bond motifs is 2. The van der Waals surface area contributed by atoms with Crippen molar-refractivity contribution in [2.24, 2.45) is 0 Å². The third kappa shape index (κ3) is 5.60. The van der Waals surface area contributed by atoms with Gasteiger partial charge in [-0.15, -0.1) is 11.8 Å². The van der Waals surface area contributed by atoms with Gasteiger partial charge in [0.15, 0.2) is 0 Å². The van der Waals surface area contributed by atoms with Crippen molar-refractivity contribution < 1.29 is 8.42 Å². The number of imidazole rings is 1. The van der Waals surface area contributed by atoms with Gasteiger partial charge in [0.25, 0.3) is 0 Å². The highest BCUT2D eigenvalue weighted by molar-refractivity contribution is 7.98. The molecule has 0 atom stereocenters. The Morgan fingerprint density at radius 2 is 1.73 bits per heavy atom. The normalized spacial score (nSPS) is 12.1. The molecule has 174 valence electrons. The molecule has 1 N–H and O–H groups in total. The smallest absolute Gasteiger partial charge is 0.240 e. The molecule has 1 aromatic heterocycles. The monoisotopic (exact) mass is 481 g/mol. The van der Waals surface area contributed by atoms with E-state index in [-0.39, 0.29) is 4.90 Å². The van der Waals surface area contributed by atoms with Crippen LogP contribution in [0.15, 0.2) is 70.5 Å². The number of hydrogen-bond acceptors (Lipinski definition) is 4. The number of aromatic nitrogens is 2. The second kappa shape index (κ2) is 10.7. The van der Waals surface area contributed by atoms with Crippen LogP contribution in [0.4, 0.5) is 0 Å². The topological polar surface area (TPSA) is 64.0 Å². The average molecular weight is 482 g/mol. The summed E-state index contributed by atoms with van der Waals surface area (Å²) in [5, 5.41) is 2.46. The predicted octanol–water partition coefficient (Wildman–Crippen LogP) is 6.36. The Hall–Kier alpha value is -2.35. The van der Waals surface area contributed by atoms with Crippen LogP contribution in [0.25, 0.3) is 21.8 Å². The molecule has 4 aromatic rings. The molecule has 0 unspecified atom stereocenters. The maximum Gasteiger partial charge on any atom is 0.240 e. The van der Waals surface area contributed by atoms with E-state index in [2.05, 4.69) is 58.7 Å². The summed E-state index contributed by atoms with van der Waals surface area (Å²) in [6.07, 6.45) is 3.91. The second-order valence-electron chi connectivity index (χ2n) is 8.23. The van der Waals surface area contributed by atoms with Gasteiger partial charge >= 0.3 is 0 Å². The Morgan fingerprint density at radius 3 is 2.52 bits per heavy atom. The van der Waals surface area contributed by atoms with E-state index in [0.717, 1.165) is 54.8 Å². The molecule has 0 aliphatic rings. The number of aryl methyl sites for hydroxylation is 1. The lowest BCUT2D eigenvalue weighted by atomic mass is 10.1. The number of unbranched alkanes of at least 4 members (excludes halogenated alkanes) is 2. The van der Waals surface area contributed by atoms with Gasteiger partial charge in [-0.1, -0.05) is 57.0 Å². The van der Waals surface area contributed by atoms with Crippen LogP contribution in [0.1, 0.15) is 45.4 Å². The summed E-state index contributed by atoms with van der Waals surface area (Å²) >= 11 is 1.76. The van der Waals surface area contributed by atoms with E-state index in [4.69, 9.17) is 4.98 Å². The van der Waals surface area contributed by atoms with Gasteiger partial charge in [0.2, 0.25) is 10.0 Å². The zero-order valence-corrected chi connectivity index (χ0v) is 20.9. The summed E-state index contributed by atoms with van der Waals surface area (Å²) in [5.74, 6) is 1.71. The molecule has 0 spiro atoms. The highest BCUT2D eigenvalue weighted by Gasteiger charge is 2.17. The summed E-state index contributed by atoms with van der Waals surface area (Å²) in [6.45, 7) is 5.55. The first-order valence-electron chi connectivity index (χ1n) is 11.6. The van der Waals surface area contributed by atoms with Crippen LogP contribution in [-0.4, -0.2) is 24.5 Å². The lowest BCUT2D eigenvalue weighted by Crippen LogP contribution is -2.24. The van der Waals surface area contributed by atoms with E-state index in [0.29, 0.717) is 6.54 Å². The van der Waals surface area contributed by atoms with Crippen molar-refractivity contribution >= 4 is 43.6 Å². The summed E-state index contributed by atoms with van der Waals surface area (Å²) < 4.78 is 30.3. The number of hydrogen-bond donors (Lipinski definition) is 1. The van der Waals surface area contributed by atoms with Crippen molar-refractivity contribution in [3.05, 3.63) is 66.5 Å². The number of nitrogens with one attached hydrogen (secondary N) is 1. The average Bonchev–Trinajstić information content (AvgIpc) is 3.18. The minimum absolute atomic E-state index is 0.278. The van der Waals surface area contributed by atoms with Gasteiger partial charge in [0.1, 0.15) is 5.82 Å². The Bertz CT molecular complexity index is 1350. The highest BCUT2D eigenvalue weighted by Crippen LogP contribution is 2.29. The molecule has 0 saturated heterocycles. The van der Waals surface area contributed by atoms with Gasteiger partial charge in [-0.25, -0.2) is 18.1 Å². The van der Waals surface area contributed by atoms with Crippen molar-refractivity contribution in [1.29, 1.82) is 0 Å². The molecule has 0 fully saturated rings. The lowest BCUT2D eigenvalue weighted by molar-refractivity contribution is 0.578. The summed E-state index contributed by atoms with van der Waals surface area (Å²) in [6, 6.07) is 20.2. The number of thioether (sulfide) groups is 1. The highest BCUT2D eigenvalue weighted by atomic mass is 32.2. The number of sulfonamides is 1. The molecule has 5 nitrogen and oxygen atoms in total. The first-order chi connectivity index (χ1) is 16.0. The minimum Gasteiger partial charge on any atom is -0.327 e. The molecule has 0 aliphatic heterocycles. The number of benzene rings is 3. The fourth-order valence-corrected chi connectivity index (χ4v) is 5.86. The molecule has 0 bridgehead atoms. The Kier molecular flexibility index (Phi) is 7.73. The molecule has 0 saturated carbocycles. The fourth-order valence-electron chi connectivity index (χ4n) is 3.87. The molecular formula is C26H31N3O2S2. The van der Waals surface area contributed by atoms with Crippen molar-refractivity contribution in [3.63, 3.8) is 0 Å². The van der Waals surface area contributed by atoms with Crippen LogP contribution in [0, 0.1) is 0 Å². The number of nitrogens with zero attached hydrogens (tertiary/aromatic N) is 2. The third-order valence-corrected chi connectivity index (χ3v) is 8.20. The maximum atomic E-state index is 12.7. The first kappa shape index (κ1) is 23.8. The Labute approximate surface area is 200 Å². The van der Waals surface area contributed by atoms with Crippen molar-refractivity contribution in [3.8, 4) is 0 Å². The SMILES string of the molecule is CCCCNS(=O)(=O)c1ccc2c(c1)nc(CSc1ccc3ccccc3c1)n2CCCC. The first-order valence-corrected chi connectivity index (χ1v) is 14.1. The van der Waals surface area contributed by atoms with E-state index in [1.54, 1.807) is 23.9 Å². The molecule has 0 aliphatic carbocycles. The van der Waals surface area contributed by atoms with Crippen LogP contribution >= 0.6 is 11.8 Å². The van der Waals surface area contributed by atoms with Gasteiger partial charge < -0.3 is 4.57 Å². The molecular weight excluding hydrogens is 450 g/mol. The lowest BCUT2D eigenvalue weighted by Gasteiger charge is -2.09. The largest absolute Gasteiger partial charge is 0.327 e. The van der Waals surface area contributed by atoms with Gasteiger partial charge in [-0.2, -0.15) is 0 Å². The van der Waals surface area contributed by atoms with Crippen LogP contribution in [0.2, 0.25) is 0 Å². The Balaban J connectivity index is 1.61. The molecule has 3 aromatic carbocycles. The Morgan fingerprint density at radius 1 is 0.939 bits per heavy atom. The molecule has 4 rings (SSSR count). The van der Waals surface area contributed by atoms with E-state index in [1.165, 1.54) is 15.7 Å². The van der Waals surface area contributed by atoms with Gasteiger partial charge in [0, 0.05) is 18.0 Å². The standard InChI is InChI=1S/C26H31N3O2S2/c1-3-5-15-27-33(30,31)23-13-14-25-24(18-23)28-26(29(25)16-6-4-2)19-32-22-12-11-20-9-7-8-10-21(20)17-22/h7-14,17-18,27H,3-6,15-16,19H2,1-2H3. The van der Waals surface area contributed by atoms with E-state index in [1.807, 2.05) is 13.0 Å². The summed E-state index contributed by atoms with van der Waals surface area (Å²) in [4.78, 5) is 6.34. The minimum atomic E-state index is -3.53. The second-order valence-corrected chi connectivity index (χ2v) is 11.0. The van der Waals surface area contributed by atoms with Crippen molar-refractivity contribution in [2.75, 3.05) is 6.54 Å². The van der Waals surface area contributed by atoms with E-state index in [9.17, 15) is 8.42 Å². The zero-order valence-electron chi connectivity index (χ0n) is 19.3. The van der Waals surface area contributed by atoms with Gasteiger partial charge in [-0.3, -0.25) is 0 Å². The van der Waals surface area contributed by atoms with Crippen LogP contribution in [0.3, 0.4) is 0 Å². The summed E-state index contributed by atoms with van der Waals surface area (Å²) in [7, 11) is -3.53. The van der Waals surface area contributed by atoms with Crippen molar-refractivity contribution in [1.82, 2.24) is 14.3 Å². The molecule has 7 heteroatoms. The fraction of sp³-hybridized carbons (Fsp3) is 0.346. The zero-order chi connectivity index (χ0) is 23.3. The quantitative estimate of drug-likeness (QED) is 0.200. The van der Waals surface area contributed by atoms with Crippen molar-refractivity contribution in [2.45, 2.75) is 61.6 Å². The van der Waals surface area contributed by atoms with Crippen LogP contribution in [0.5, 0.6) is 0 Å². The van der Waals surface area contributed by atoms with Crippen LogP contribution < -0.4 is 4.72 Å². The van der Waals surface area contributed by atoms with Crippen LogP contribution in [-0.2, 0) is 22.3 Å². The maximum absolute atomic E-state index is 12.7. The summed E-state index contributed by atoms with van der Waals surface area (Å²) in [5.41, 5.74) is 1.73. The molecule has 0 radical (unpaired) electrons. The molecule has 33 heavy (non-hydrogen) atoms. The van der Waals surface area contributed by atoms with Gasteiger partial charge in [-0.05, 0) is 53.9 Å². The predicted molar refractivity (Wildman–Crippen MR) is 138 cm³/mol. The number of rotatable bonds is 11.